The van der Waals surface area contributed by atoms with Gasteiger partial charge in [-0.3, -0.25) is 9.59 Å². The summed E-state index contributed by atoms with van der Waals surface area (Å²) in [6, 6.07) is -0.415. The van der Waals surface area contributed by atoms with Crippen LogP contribution in [0.25, 0.3) is 0 Å². The standard InChI is InChI=1S/C14H24N2O5S/c1-21-9-8-16(12-5-10-22(19,20)11-12)14(18)13(17)15-6-3-2-4-7-15/h12H,2-11H2,1H3. The number of amides is 2. The SMILES string of the molecule is COCCN(C(=O)C(=O)N1CCCCC1)C1CCS(=O)(=O)C1. The molecule has 2 saturated heterocycles. The van der Waals surface area contributed by atoms with Crippen molar-refractivity contribution >= 4 is 21.7 Å². The van der Waals surface area contributed by atoms with E-state index in [1.807, 2.05) is 0 Å². The first kappa shape index (κ1) is 17.2. The number of sulfone groups is 1. The second-order valence-corrected chi connectivity index (χ2v) is 8.13. The van der Waals surface area contributed by atoms with Crippen LogP contribution < -0.4 is 0 Å². The summed E-state index contributed by atoms with van der Waals surface area (Å²) >= 11 is 0. The lowest BCUT2D eigenvalue weighted by atomic mass is 10.1. The van der Waals surface area contributed by atoms with Crippen molar-refractivity contribution in [3.05, 3.63) is 0 Å². The Kier molecular flexibility index (Phi) is 5.80. The van der Waals surface area contributed by atoms with Crippen LogP contribution in [-0.2, 0) is 24.2 Å². The van der Waals surface area contributed by atoms with Gasteiger partial charge in [-0.15, -0.1) is 0 Å². The number of carbonyl (C=O) groups is 2. The van der Waals surface area contributed by atoms with Gasteiger partial charge in [-0.05, 0) is 25.7 Å². The van der Waals surface area contributed by atoms with Crippen molar-refractivity contribution in [2.45, 2.75) is 31.7 Å². The van der Waals surface area contributed by atoms with Crippen LogP contribution >= 0.6 is 0 Å². The number of nitrogens with zero attached hydrogens (tertiary/aromatic N) is 2. The van der Waals surface area contributed by atoms with E-state index in [2.05, 4.69) is 0 Å². The summed E-state index contributed by atoms with van der Waals surface area (Å²) in [7, 11) is -1.59. The Labute approximate surface area is 131 Å². The van der Waals surface area contributed by atoms with Crippen molar-refractivity contribution in [1.82, 2.24) is 9.80 Å². The molecule has 1 unspecified atom stereocenters. The van der Waals surface area contributed by atoms with Gasteiger partial charge in [-0.1, -0.05) is 0 Å². The predicted molar refractivity (Wildman–Crippen MR) is 81.1 cm³/mol. The number of hydrogen-bond donors (Lipinski definition) is 0. The number of carbonyl (C=O) groups excluding carboxylic acids is 2. The maximum atomic E-state index is 12.5. The first-order valence-corrected chi connectivity index (χ1v) is 9.56. The Balaban J connectivity index is 2.06. The summed E-state index contributed by atoms with van der Waals surface area (Å²) in [4.78, 5) is 27.9. The van der Waals surface area contributed by atoms with Crippen LogP contribution in [0.2, 0.25) is 0 Å². The summed E-state index contributed by atoms with van der Waals surface area (Å²) in [6.45, 7) is 1.74. The molecule has 2 rings (SSSR count). The van der Waals surface area contributed by atoms with E-state index in [0.717, 1.165) is 19.3 Å². The molecule has 0 spiro atoms. The lowest BCUT2D eigenvalue weighted by Gasteiger charge is -2.31. The Hall–Kier alpha value is -1.15. The molecular formula is C14H24N2O5S. The van der Waals surface area contributed by atoms with E-state index in [0.29, 0.717) is 19.5 Å². The number of rotatable bonds is 4. The molecule has 0 aromatic heterocycles. The largest absolute Gasteiger partial charge is 0.383 e. The van der Waals surface area contributed by atoms with Crippen molar-refractivity contribution in [1.29, 1.82) is 0 Å². The van der Waals surface area contributed by atoms with Crippen LogP contribution in [0, 0.1) is 0 Å². The maximum Gasteiger partial charge on any atom is 0.312 e. The highest BCUT2D eigenvalue weighted by Gasteiger charge is 2.37. The van der Waals surface area contributed by atoms with E-state index in [9.17, 15) is 18.0 Å². The first-order valence-electron chi connectivity index (χ1n) is 7.74. The highest BCUT2D eigenvalue weighted by molar-refractivity contribution is 7.91. The normalized spacial score (nSPS) is 24.2. The molecular weight excluding hydrogens is 308 g/mol. The molecule has 2 aliphatic rings. The lowest BCUT2D eigenvalue weighted by Crippen LogP contribution is -2.51. The number of hydrogen-bond acceptors (Lipinski definition) is 5. The highest BCUT2D eigenvalue weighted by atomic mass is 32.2. The topological polar surface area (TPSA) is 84.0 Å². The third kappa shape index (κ3) is 4.19. The van der Waals surface area contributed by atoms with E-state index in [1.165, 1.54) is 12.0 Å². The monoisotopic (exact) mass is 332 g/mol. The Bertz CT molecular complexity index is 513. The molecule has 2 heterocycles. The zero-order valence-corrected chi connectivity index (χ0v) is 13.8. The molecule has 0 N–H and O–H groups in total. The van der Waals surface area contributed by atoms with Gasteiger partial charge in [0.25, 0.3) is 0 Å². The predicted octanol–water partition coefficient (Wildman–Crippen LogP) is -0.339. The van der Waals surface area contributed by atoms with Gasteiger partial charge in [-0.25, -0.2) is 8.42 Å². The molecule has 1 atom stereocenters. The molecule has 0 aliphatic carbocycles. The molecule has 2 aliphatic heterocycles. The summed E-state index contributed by atoms with van der Waals surface area (Å²) in [5.41, 5.74) is 0. The van der Waals surface area contributed by atoms with Gasteiger partial charge < -0.3 is 14.5 Å². The third-order valence-electron chi connectivity index (χ3n) is 4.27. The van der Waals surface area contributed by atoms with E-state index in [-0.39, 0.29) is 24.7 Å². The minimum Gasteiger partial charge on any atom is -0.383 e. The number of methoxy groups -OCH3 is 1. The Morgan fingerprint density at radius 1 is 1.23 bits per heavy atom. The van der Waals surface area contributed by atoms with Gasteiger partial charge in [0.1, 0.15) is 0 Å². The fourth-order valence-electron chi connectivity index (χ4n) is 3.02. The van der Waals surface area contributed by atoms with Crippen molar-refractivity contribution in [2.24, 2.45) is 0 Å². The summed E-state index contributed by atoms with van der Waals surface area (Å²) in [5, 5.41) is 0. The number of ether oxygens (including phenoxy) is 1. The fraction of sp³-hybridized carbons (Fsp3) is 0.857. The van der Waals surface area contributed by atoms with Crippen molar-refractivity contribution < 1.29 is 22.7 Å². The maximum absolute atomic E-state index is 12.5. The van der Waals surface area contributed by atoms with Crippen LogP contribution in [0.3, 0.4) is 0 Å². The van der Waals surface area contributed by atoms with E-state index < -0.39 is 27.7 Å². The average molecular weight is 332 g/mol. The molecule has 8 heteroatoms. The van der Waals surface area contributed by atoms with Gasteiger partial charge in [0, 0.05) is 32.8 Å². The van der Waals surface area contributed by atoms with Crippen LogP contribution in [-0.4, -0.2) is 80.9 Å². The zero-order chi connectivity index (χ0) is 16.2. The first-order chi connectivity index (χ1) is 10.4. The molecule has 22 heavy (non-hydrogen) atoms. The fourth-order valence-corrected chi connectivity index (χ4v) is 4.75. The van der Waals surface area contributed by atoms with Crippen LogP contribution in [0.1, 0.15) is 25.7 Å². The van der Waals surface area contributed by atoms with E-state index in [4.69, 9.17) is 4.74 Å². The molecule has 0 aromatic rings. The quantitative estimate of drug-likeness (QED) is 0.658. The third-order valence-corrected chi connectivity index (χ3v) is 6.02. The molecule has 0 radical (unpaired) electrons. The molecule has 7 nitrogen and oxygen atoms in total. The molecule has 2 fully saturated rings. The summed E-state index contributed by atoms with van der Waals surface area (Å²) < 4.78 is 28.3. The minimum atomic E-state index is -3.11. The zero-order valence-electron chi connectivity index (χ0n) is 13.0. The Morgan fingerprint density at radius 3 is 2.45 bits per heavy atom. The minimum absolute atomic E-state index is 0.0598. The van der Waals surface area contributed by atoms with E-state index >= 15 is 0 Å². The van der Waals surface area contributed by atoms with Gasteiger partial charge in [0.05, 0.1) is 18.1 Å². The molecule has 126 valence electrons. The molecule has 0 saturated carbocycles. The molecule has 0 bridgehead atoms. The van der Waals surface area contributed by atoms with Gasteiger partial charge in [0.2, 0.25) is 0 Å². The van der Waals surface area contributed by atoms with Crippen LogP contribution in [0.15, 0.2) is 0 Å². The van der Waals surface area contributed by atoms with Crippen molar-refractivity contribution in [3.8, 4) is 0 Å². The van der Waals surface area contributed by atoms with Crippen molar-refractivity contribution in [2.75, 3.05) is 44.9 Å². The second kappa shape index (κ2) is 7.41. The average Bonchev–Trinajstić information content (AvgIpc) is 2.87. The van der Waals surface area contributed by atoms with Gasteiger partial charge in [-0.2, -0.15) is 0 Å². The van der Waals surface area contributed by atoms with E-state index in [1.54, 1.807) is 4.90 Å². The molecule has 2 amide bonds. The second-order valence-electron chi connectivity index (χ2n) is 5.90. The number of likely N-dealkylation sites (tertiary alicyclic amines) is 1. The van der Waals surface area contributed by atoms with Crippen LogP contribution in [0.5, 0.6) is 0 Å². The van der Waals surface area contributed by atoms with Gasteiger partial charge in [0.15, 0.2) is 9.84 Å². The summed E-state index contributed by atoms with van der Waals surface area (Å²) in [5.74, 6) is -1.09. The molecule has 0 aromatic carbocycles. The van der Waals surface area contributed by atoms with Crippen molar-refractivity contribution in [3.63, 3.8) is 0 Å². The summed E-state index contributed by atoms with van der Waals surface area (Å²) in [6.07, 6.45) is 3.29. The van der Waals surface area contributed by atoms with Crippen LogP contribution in [0.4, 0.5) is 0 Å². The highest BCUT2D eigenvalue weighted by Crippen LogP contribution is 2.19. The lowest BCUT2D eigenvalue weighted by molar-refractivity contribution is -0.153. The smallest absolute Gasteiger partial charge is 0.312 e. The van der Waals surface area contributed by atoms with Gasteiger partial charge >= 0.3 is 11.8 Å². The number of piperidine rings is 1. The Morgan fingerprint density at radius 2 is 1.91 bits per heavy atom.